The Balaban J connectivity index is 1.05. The lowest BCUT2D eigenvalue weighted by molar-refractivity contribution is 0.794. The molecule has 0 radical (unpaired) electrons. The van der Waals surface area contributed by atoms with E-state index in [0.29, 0.717) is 0 Å². The molecule has 0 bridgehead atoms. The van der Waals surface area contributed by atoms with Crippen molar-refractivity contribution < 1.29 is 0 Å². The Labute approximate surface area is 398 Å². The van der Waals surface area contributed by atoms with E-state index >= 15 is 0 Å². The first-order chi connectivity index (χ1) is 33.8. The standard InChI is InChI=1S/C67H45N/c1-3-21-46(22-4-1)49-25-19-26-50(45-49)47-41-43-51(44-42-47)68(64-39-18-14-33-58(64)55-30-10-9-29-54(55)53-28-8-7-27-52(53)48-23-5-2-6-24-48)65-40-20-38-63-66(65)59-34-13-17-37-62(59)67(63)60-35-15-11-31-56(60)57-32-12-16-36-61(57)67/h1-45H. The molecule has 68 heavy (non-hydrogen) atoms. The molecule has 0 fully saturated rings. The lowest BCUT2D eigenvalue weighted by Gasteiger charge is -2.32. The van der Waals surface area contributed by atoms with E-state index in [4.69, 9.17) is 0 Å². The van der Waals surface area contributed by atoms with E-state index in [-0.39, 0.29) is 0 Å². The Morgan fingerprint density at radius 1 is 0.221 bits per heavy atom. The summed E-state index contributed by atoms with van der Waals surface area (Å²) in [5.41, 5.74) is 25.2. The summed E-state index contributed by atoms with van der Waals surface area (Å²) in [4.78, 5) is 2.53. The van der Waals surface area contributed by atoms with Gasteiger partial charge < -0.3 is 4.90 Å². The smallest absolute Gasteiger partial charge is 0.0726 e. The van der Waals surface area contributed by atoms with Gasteiger partial charge in [0.15, 0.2) is 0 Å². The second kappa shape index (κ2) is 16.3. The van der Waals surface area contributed by atoms with Gasteiger partial charge in [0, 0.05) is 16.8 Å². The first-order valence-electron chi connectivity index (χ1n) is 23.6. The Morgan fingerprint density at radius 2 is 0.603 bits per heavy atom. The molecule has 0 unspecified atom stereocenters. The van der Waals surface area contributed by atoms with Crippen LogP contribution >= 0.6 is 0 Å². The van der Waals surface area contributed by atoms with Crippen LogP contribution in [0.25, 0.3) is 77.9 Å². The fraction of sp³-hybridized carbons (Fsp3) is 0.0149. The zero-order valence-corrected chi connectivity index (χ0v) is 37.4. The Bertz CT molecular complexity index is 3630. The number of para-hydroxylation sites is 1. The van der Waals surface area contributed by atoms with Gasteiger partial charge in [-0.1, -0.05) is 243 Å². The van der Waals surface area contributed by atoms with Crippen LogP contribution in [0.3, 0.4) is 0 Å². The van der Waals surface area contributed by atoms with Crippen molar-refractivity contribution >= 4 is 17.1 Å². The molecule has 11 aromatic rings. The Hall–Kier alpha value is -8.78. The van der Waals surface area contributed by atoms with E-state index in [1.807, 2.05) is 0 Å². The maximum absolute atomic E-state index is 2.53. The van der Waals surface area contributed by atoms with Crippen LogP contribution in [0.4, 0.5) is 17.1 Å². The van der Waals surface area contributed by atoms with Gasteiger partial charge in [0.2, 0.25) is 0 Å². The lowest BCUT2D eigenvalue weighted by Crippen LogP contribution is -2.26. The highest BCUT2D eigenvalue weighted by Crippen LogP contribution is 2.65. The van der Waals surface area contributed by atoms with Crippen LogP contribution in [0.15, 0.2) is 273 Å². The van der Waals surface area contributed by atoms with E-state index in [1.54, 1.807) is 0 Å². The average molecular weight is 864 g/mol. The number of rotatable bonds is 8. The molecule has 0 atom stereocenters. The molecule has 1 nitrogen and oxygen atoms in total. The summed E-state index contributed by atoms with van der Waals surface area (Å²) in [7, 11) is 0. The van der Waals surface area contributed by atoms with Gasteiger partial charge in [-0.25, -0.2) is 0 Å². The molecule has 318 valence electrons. The zero-order valence-electron chi connectivity index (χ0n) is 37.4. The summed E-state index contributed by atoms with van der Waals surface area (Å²) < 4.78 is 0. The van der Waals surface area contributed by atoms with E-state index < -0.39 is 5.41 Å². The van der Waals surface area contributed by atoms with Crippen LogP contribution in [-0.4, -0.2) is 0 Å². The van der Waals surface area contributed by atoms with Crippen LogP contribution in [0.5, 0.6) is 0 Å². The number of fused-ring (bicyclic) bond motifs is 10. The molecular weight excluding hydrogens is 819 g/mol. The van der Waals surface area contributed by atoms with Gasteiger partial charge in [-0.05, 0) is 119 Å². The third-order valence-electron chi connectivity index (χ3n) is 14.3. The quantitative estimate of drug-likeness (QED) is 0.147. The molecule has 2 aliphatic carbocycles. The first kappa shape index (κ1) is 39.6. The minimum atomic E-state index is -0.471. The second-order valence-corrected chi connectivity index (χ2v) is 17.9. The molecule has 1 spiro atoms. The molecule has 0 N–H and O–H groups in total. The number of anilines is 3. The van der Waals surface area contributed by atoms with Crippen LogP contribution in [0.1, 0.15) is 22.3 Å². The van der Waals surface area contributed by atoms with Crippen molar-refractivity contribution in [2.24, 2.45) is 0 Å². The van der Waals surface area contributed by atoms with E-state index in [9.17, 15) is 0 Å². The molecule has 0 saturated heterocycles. The van der Waals surface area contributed by atoms with Crippen LogP contribution in [0, 0.1) is 0 Å². The van der Waals surface area contributed by atoms with Crippen molar-refractivity contribution in [3.8, 4) is 77.9 Å². The predicted octanol–water partition coefficient (Wildman–Crippen LogP) is 17.8. The summed E-state index contributed by atoms with van der Waals surface area (Å²) in [5.74, 6) is 0. The number of benzene rings is 11. The van der Waals surface area contributed by atoms with E-state index in [2.05, 4.69) is 278 Å². The largest absolute Gasteiger partial charge is 0.309 e. The molecule has 0 aliphatic heterocycles. The SMILES string of the molecule is c1ccc(-c2cccc(-c3ccc(N(c4ccccc4-c4ccccc4-c4ccccc4-c4ccccc4)c4cccc5c4-c4ccccc4C54c5ccccc5-c5ccccc54)cc3)c2)cc1. The minimum Gasteiger partial charge on any atom is -0.309 e. The molecule has 1 heteroatoms. The highest BCUT2D eigenvalue weighted by atomic mass is 15.1. The summed E-state index contributed by atoms with van der Waals surface area (Å²) in [5, 5.41) is 0. The van der Waals surface area contributed by atoms with Gasteiger partial charge in [0.25, 0.3) is 0 Å². The van der Waals surface area contributed by atoms with Crippen molar-refractivity contribution in [3.63, 3.8) is 0 Å². The zero-order chi connectivity index (χ0) is 45.0. The predicted molar refractivity (Wildman–Crippen MR) is 285 cm³/mol. The van der Waals surface area contributed by atoms with E-state index in [1.165, 1.54) is 94.6 Å². The third-order valence-corrected chi connectivity index (χ3v) is 14.3. The third kappa shape index (κ3) is 6.17. The molecule has 0 amide bonds. The monoisotopic (exact) mass is 863 g/mol. The van der Waals surface area contributed by atoms with E-state index in [0.717, 1.165) is 22.6 Å². The number of hydrogen-bond acceptors (Lipinski definition) is 1. The molecule has 13 rings (SSSR count). The van der Waals surface area contributed by atoms with Crippen molar-refractivity contribution in [1.82, 2.24) is 0 Å². The van der Waals surface area contributed by atoms with Gasteiger partial charge in [-0.3, -0.25) is 0 Å². The average Bonchev–Trinajstić information content (AvgIpc) is 3.90. The van der Waals surface area contributed by atoms with Gasteiger partial charge in [0.05, 0.1) is 16.8 Å². The maximum Gasteiger partial charge on any atom is 0.0726 e. The Morgan fingerprint density at radius 3 is 1.22 bits per heavy atom. The fourth-order valence-corrected chi connectivity index (χ4v) is 11.5. The highest BCUT2D eigenvalue weighted by Gasteiger charge is 2.52. The summed E-state index contributed by atoms with van der Waals surface area (Å²) in [6.07, 6.45) is 0. The topological polar surface area (TPSA) is 3.24 Å². The molecule has 0 heterocycles. The normalized spacial score (nSPS) is 12.5. The number of nitrogens with zero attached hydrogens (tertiary/aromatic N) is 1. The van der Waals surface area contributed by atoms with Crippen LogP contribution in [-0.2, 0) is 5.41 Å². The summed E-state index contributed by atoms with van der Waals surface area (Å²) in [6, 6.07) is 101. The van der Waals surface area contributed by atoms with Crippen LogP contribution < -0.4 is 4.90 Å². The molecule has 0 saturated carbocycles. The first-order valence-corrected chi connectivity index (χ1v) is 23.6. The van der Waals surface area contributed by atoms with Gasteiger partial charge in [0.1, 0.15) is 0 Å². The molecule has 11 aromatic carbocycles. The number of hydrogen-bond donors (Lipinski definition) is 0. The summed E-state index contributed by atoms with van der Waals surface area (Å²) in [6.45, 7) is 0. The Kier molecular flexibility index (Phi) is 9.47. The van der Waals surface area contributed by atoms with Crippen molar-refractivity contribution in [1.29, 1.82) is 0 Å². The highest BCUT2D eigenvalue weighted by molar-refractivity contribution is 6.04. The van der Waals surface area contributed by atoms with Crippen molar-refractivity contribution in [3.05, 3.63) is 295 Å². The van der Waals surface area contributed by atoms with Gasteiger partial charge in [-0.15, -0.1) is 0 Å². The second-order valence-electron chi connectivity index (χ2n) is 17.9. The molecular formula is C67H45N. The van der Waals surface area contributed by atoms with Gasteiger partial charge in [-0.2, -0.15) is 0 Å². The van der Waals surface area contributed by atoms with Crippen molar-refractivity contribution in [2.75, 3.05) is 4.90 Å². The molecule has 2 aliphatic rings. The molecule has 0 aromatic heterocycles. The maximum atomic E-state index is 2.53. The fourth-order valence-electron chi connectivity index (χ4n) is 11.5. The summed E-state index contributed by atoms with van der Waals surface area (Å²) >= 11 is 0. The van der Waals surface area contributed by atoms with Gasteiger partial charge >= 0.3 is 0 Å². The van der Waals surface area contributed by atoms with Crippen LogP contribution in [0.2, 0.25) is 0 Å². The van der Waals surface area contributed by atoms with Crippen molar-refractivity contribution in [2.45, 2.75) is 5.41 Å². The lowest BCUT2D eigenvalue weighted by atomic mass is 9.70. The minimum absolute atomic E-state index is 0.471.